The molecule has 0 fully saturated rings. The van der Waals surface area contributed by atoms with E-state index in [4.69, 9.17) is 18.9 Å². The number of nitrogens with one attached hydrogen (secondary N) is 1. The number of ether oxygens (including phenoxy) is 4. The quantitative estimate of drug-likeness (QED) is 0.770. The van der Waals surface area contributed by atoms with Crippen LogP contribution >= 0.6 is 0 Å². The predicted molar refractivity (Wildman–Crippen MR) is 102 cm³/mol. The van der Waals surface area contributed by atoms with E-state index in [0.29, 0.717) is 24.5 Å². The second-order valence-electron chi connectivity index (χ2n) is 6.35. The number of benzene rings is 2. The number of esters is 1. The Morgan fingerprint density at radius 2 is 1.93 bits per heavy atom. The molecule has 0 aliphatic carbocycles. The molecule has 0 bridgehead atoms. The van der Waals surface area contributed by atoms with Crippen LogP contribution in [0.2, 0.25) is 0 Å². The molecule has 0 aromatic heterocycles. The van der Waals surface area contributed by atoms with Crippen LogP contribution in [0.25, 0.3) is 0 Å². The van der Waals surface area contributed by atoms with E-state index in [2.05, 4.69) is 5.32 Å². The van der Waals surface area contributed by atoms with Crippen molar-refractivity contribution in [1.82, 2.24) is 5.32 Å². The summed E-state index contributed by atoms with van der Waals surface area (Å²) >= 11 is 0. The van der Waals surface area contributed by atoms with Gasteiger partial charge in [0.1, 0.15) is 22.8 Å². The van der Waals surface area contributed by atoms with Gasteiger partial charge in [0.05, 0.1) is 26.9 Å². The van der Waals surface area contributed by atoms with Gasteiger partial charge >= 0.3 is 5.97 Å². The lowest BCUT2D eigenvalue weighted by atomic mass is 10.0. The normalized spacial score (nSPS) is 16.2. The second-order valence-corrected chi connectivity index (χ2v) is 6.35. The standard InChI is InChI=1S/C21H23NO6/c1-13(28-21(24)16-12-14(25-2)8-9-18(16)26-3)20(23)22-17-10-11-27-19-7-5-4-6-15(17)19/h4-9,12-13,17H,10-11H2,1-3H3,(H,22,23). The number of hydrogen-bond donors (Lipinski definition) is 1. The summed E-state index contributed by atoms with van der Waals surface area (Å²) in [6.45, 7) is 2.04. The lowest BCUT2D eigenvalue weighted by molar-refractivity contribution is -0.130. The Bertz CT molecular complexity index is 866. The first-order valence-electron chi connectivity index (χ1n) is 8.98. The summed E-state index contributed by atoms with van der Waals surface area (Å²) in [5.41, 5.74) is 1.10. The summed E-state index contributed by atoms with van der Waals surface area (Å²) in [6.07, 6.45) is -0.328. The molecule has 2 aromatic carbocycles. The molecule has 7 nitrogen and oxygen atoms in total. The van der Waals surface area contributed by atoms with Gasteiger partial charge in [-0.2, -0.15) is 0 Å². The fourth-order valence-corrected chi connectivity index (χ4v) is 3.03. The van der Waals surface area contributed by atoms with Crippen LogP contribution in [0.15, 0.2) is 42.5 Å². The Balaban J connectivity index is 1.67. The molecule has 1 aliphatic heterocycles. The van der Waals surface area contributed by atoms with Gasteiger partial charge in [-0.3, -0.25) is 4.79 Å². The summed E-state index contributed by atoms with van der Waals surface area (Å²) < 4.78 is 21.3. The van der Waals surface area contributed by atoms with Gasteiger partial charge in [0.15, 0.2) is 6.10 Å². The maximum Gasteiger partial charge on any atom is 0.342 e. The Morgan fingerprint density at radius 3 is 2.68 bits per heavy atom. The summed E-state index contributed by atoms with van der Waals surface area (Å²) in [6, 6.07) is 12.2. The molecular weight excluding hydrogens is 362 g/mol. The van der Waals surface area contributed by atoms with E-state index in [9.17, 15) is 9.59 Å². The Labute approximate surface area is 163 Å². The van der Waals surface area contributed by atoms with E-state index in [1.807, 2.05) is 24.3 Å². The van der Waals surface area contributed by atoms with Gasteiger partial charge in [0, 0.05) is 12.0 Å². The smallest absolute Gasteiger partial charge is 0.342 e. The van der Waals surface area contributed by atoms with Crippen molar-refractivity contribution in [2.75, 3.05) is 20.8 Å². The van der Waals surface area contributed by atoms with E-state index in [1.54, 1.807) is 12.1 Å². The second kappa shape index (κ2) is 8.65. The average Bonchev–Trinajstić information content (AvgIpc) is 2.73. The number of carbonyl (C=O) groups is 2. The fraction of sp³-hybridized carbons (Fsp3) is 0.333. The predicted octanol–water partition coefficient (Wildman–Crippen LogP) is 2.89. The molecular formula is C21H23NO6. The minimum Gasteiger partial charge on any atom is -0.497 e. The minimum atomic E-state index is -0.974. The van der Waals surface area contributed by atoms with E-state index in [1.165, 1.54) is 27.2 Å². The third-order valence-corrected chi connectivity index (χ3v) is 4.55. The molecule has 1 heterocycles. The van der Waals surface area contributed by atoms with Crippen LogP contribution in [-0.2, 0) is 9.53 Å². The molecule has 2 unspecified atom stereocenters. The van der Waals surface area contributed by atoms with Gasteiger partial charge in [-0.25, -0.2) is 4.79 Å². The Kier molecular flexibility index (Phi) is 6.03. The summed E-state index contributed by atoms with van der Waals surface area (Å²) in [5, 5.41) is 2.93. The van der Waals surface area contributed by atoms with Crippen LogP contribution in [-0.4, -0.2) is 38.8 Å². The van der Waals surface area contributed by atoms with Crippen molar-refractivity contribution in [1.29, 1.82) is 0 Å². The molecule has 1 amide bonds. The molecule has 148 valence electrons. The highest BCUT2D eigenvalue weighted by atomic mass is 16.5. The number of fused-ring (bicyclic) bond motifs is 1. The van der Waals surface area contributed by atoms with Crippen LogP contribution in [0.3, 0.4) is 0 Å². The van der Waals surface area contributed by atoms with E-state index < -0.39 is 12.1 Å². The number of methoxy groups -OCH3 is 2. The Morgan fingerprint density at radius 1 is 1.14 bits per heavy atom. The van der Waals surface area contributed by atoms with Crippen molar-refractivity contribution in [3.05, 3.63) is 53.6 Å². The molecule has 1 aliphatic rings. The van der Waals surface area contributed by atoms with Gasteiger partial charge < -0.3 is 24.3 Å². The van der Waals surface area contributed by atoms with Crippen LogP contribution in [0, 0.1) is 0 Å². The van der Waals surface area contributed by atoms with Gasteiger partial charge in [-0.05, 0) is 31.2 Å². The highest BCUT2D eigenvalue weighted by Crippen LogP contribution is 2.31. The lowest BCUT2D eigenvalue weighted by Gasteiger charge is -2.27. The first kappa shape index (κ1) is 19.5. The first-order valence-corrected chi connectivity index (χ1v) is 8.98. The van der Waals surface area contributed by atoms with Crippen molar-refractivity contribution >= 4 is 11.9 Å². The van der Waals surface area contributed by atoms with Crippen LogP contribution in [0.4, 0.5) is 0 Å². The summed E-state index contributed by atoms with van der Waals surface area (Å²) in [5.74, 6) is 0.549. The zero-order valence-corrected chi connectivity index (χ0v) is 16.1. The SMILES string of the molecule is COc1ccc(OC)c(C(=O)OC(C)C(=O)NC2CCOc3ccccc32)c1. The van der Waals surface area contributed by atoms with Crippen LogP contribution < -0.4 is 19.5 Å². The molecule has 0 saturated heterocycles. The van der Waals surface area contributed by atoms with E-state index in [0.717, 1.165) is 11.3 Å². The third-order valence-electron chi connectivity index (χ3n) is 4.55. The van der Waals surface area contributed by atoms with Crippen molar-refractivity contribution in [2.24, 2.45) is 0 Å². The number of carbonyl (C=O) groups excluding carboxylic acids is 2. The molecule has 0 radical (unpaired) electrons. The molecule has 1 N–H and O–H groups in total. The maximum atomic E-state index is 12.6. The van der Waals surface area contributed by atoms with E-state index >= 15 is 0 Å². The van der Waals surface area contributed by atoms with Crippen molar-refractivity contribution in [3.8, 4) is 17.2 Å². The first-order chi connectivity index (χ1) is 13.5. The Hall–Kier alpha value is -3.22. The summed E-state index contributed by atoms with van der Waals surface area (Å²) in [4.78, 5) is 25.1. The highest BCUT2D eigenvalue weighted by Gasteiger charge is 2.27. The molecule has 0 saturated carbocycles. The molecule has 7 heteroatoms. The van der Waals surface area contributed by atoms with Crippen molar-refractivity contribution in [2.45, 2.75) is 25.5 Å². The lowest BCUT2D eigenvalue weighted by Crippen LogP contribution is -2.39. The number of amides is 1. The van der Waals surface area contributed by atoms with Gasteiger partial charge in [0.25, 0.3) is 5.91 Å². The van der Waals surface area contributed by atoms with Crippen molar-refractivity contribution < 1.29 is 28.5 Å². The van der Waals surface area contributed by atoms with Gasteiger partial charge in [-0.15, -0.1) is 0 Å². The number of para-hydroxylation sites is 1. The third kappa shape index (κ3) is 4.19. The van der Waals surface area contributed by atoms with Crippen LogP contribution in [0.1, 0.15) is 35.3 Å². The number of rotatable bonds is 6. The zero-order chi connectivity index (χ0) is 20.1. The fourth-order valence-electron chi connectivity index (χ4n) is 3.03. The van der Waals surface area contributed by atoms with Crippen LogP contribution in [0.5, 0.6) is 17.2 Å². The van der Waals surface area contributed by atoms with Gasteiger partial charge in [-0.1, -0.05) is 18.2 Å². The minimum absolute atomic E-state index is 0.190. The molecule has 2 atom stereocenters. The number of hydrogen-bond acceptors (Lipinski definition) is 6. The summed E-state index contributed by atoms with van der Waals surface area (Å²) in [7, 11) is 2.95. The van der Waals surface area contributed by atoms with E-state index in [-0.39, 0.29) is 17.5 Å². The molecule has 2 aromatic rings. The van der Waals surface area contributed by atoms with Gasteiger partial charge in [0.2, 0.25) is 0 Å². The topological polar surface area (TPSA) is 83.1 Å². The molecule has 28 heavy (non-hydrogen) atoms. The zero-order valence-electron chi connectivity index (χ0n) is 16.1. The largest absolute Gasteiger partial charge is 0.497 e. The van der Waals surface area contributed by atoms with Crippen molar-refractivity contribution in [3.63, 3.8) is 0 Å². The average molecular weight is 385 g/mol. The monoisotopic (exact) mass is 385 g/mol. The molecule has 0 spiro atoms. The highest BCUT2D eigenvalue weighted by molar-refractivity contribution is 5.95. The maximum absolute atomic E-state index is 12.6. The molecule has 3 rings (SSSR count).